The van der Waals surface area contributed by atoms with Crippen LogP contribution in [0.5, 0.6) is 17.2 Å². The number of methoxy groups -OCH3 is 1. The van der Waals surface area contributed by atoms with Gasteiger partial charge in [-0.2, -0.15) is 0 Å². The van der Waals surface area contributed by atoms with Crippen molar-refractivity contribution in [2.45, 2.75) is 13.1 Å². The molecule has 5 rings (SSSR count). The Morgan fingerprint density at radius 3 is 2.62 bits per heavy atom. The monoisotopic (exact) mass is 467 g/mol. The summed E-state index contributed by atoms with van der Waals surface area (Å²) in [6, 6.07) is 16.6. The summed E-state index contributed by atoms with van der Waals surface area (Å²) in [5, 5.41) is 0.899. The van der Waals surface area contributed by atoms with E-state index in [0.717, 1.165) is 16.9 Å². The van der Waals surface area contributed by atoms with Gasteiger partial charge in [-0.1, -0.05) is 47.5 Å². The first-order chi connectivity index (χ1) is 15.5. The van der Waals surface area contributed by atoms with Crippen molar-refractivity contribution in [1.82, 2.24) is 4.90 Å². The summed E-state index contributed by atoms with van der Waals surface area (Å²) in [5.74, 6) is 2.03. The van der Waals surface area contributed by atoms with Gasteiger partial charge in [0, 0.05) is 34.3 Å². The first-order valence-corrected chi connectivity index (χ1v) is 10.8. The minimum Gasteiger partial charge on any atom is -0.496 e. The number of rotatable bonds is 4. The largest absolute Gasteiger partial charge is 0.496 e. The van der Waals surface area contributed by atoms with Crippen molar-refractivity contribution in [1.29, 1.82) is 0 Å². The van der Waals surface area contributed by atoms with Crippen molar-refractivity contribution >= 4 is 35.1 Å². The third-order valence-corrected chi connectivity index (χ3v) is 6.20. The Hall–Kier alpha value is -2.99. The average Bonchev–Trinajstić information content (AvgIpc) is 3.12. The number of carbonyl (C=O) groups excluding carboxylic acids is 1. The summed E-state index contributed by atoms with van der Waals surface area (Å²) in [6.45, 7) is 1.64. The maximum absolute atomic E-state index is 13.0. The van der Waals surface area contributed by atoms with Gasteiger partial charge in [-0.25, -0.2) is 0 Å². The van der Waals surface area contributed by atoms with Gasteiger partial charge < -0.3 is 14.2 Å². The van der Waals surface area contributed by atoms with E-state index in [1.54, 1.807) is 37.5 Å². The van der Waals surface area contributed by atoms with Gasteiger partial charge in [0.2, 0.25) is 5.78 Å². The minimum absolute atomic E-state index is 0.185. The quantitative estimate of drug-likeness (QED) is 0.442. The third kappa shape index (κ3) is 3.73. The molecule has 0 fully saturated rings. The SMILES string of the molecule is COc1ccccc1CN1COc2ccc3c(c2C1)O/C(=C\c1c(Cl)cccc1Cl)C3=O. The van der Waals surface area contributed by atoms with E-state index in [1.807, 2.05) is 30.3 Å². The average molecular weight is 468 g/mol. The van der Waals surface area contributed by atoms with Crippen LogP contribution in [0.15, 0.2) is 60.4 Å². The molecule has 0 saturated carbocycles. The van der Waals surface area contributed by atoms with Crippen LogP contribution in [0, 0.1) is 0 Å². The van der Waals surface area contributed by atoms with E-state index in [1.165, 1.54) is 0 Å². The van der Waals surface area contributed by atoms with Crippen molar-refractivity contribution in [2.24, 2.45) is 0 Å². The molecular weight excluding hydrogens is 449 g/mol. The predicted molar refractivity (Wildman–Crippen MR) is 124 cm³/mol. The van der Waals surface area contributed by atoms with Gasteiger partial charge in [0.25, 0.3) is 0 Å². The Labute approximate surface area is 195 Å². The van der Waals surface area contributed by atoms with Crippen LogP contribution in [-0.4, -0.2) is 24.5 Å². The topological polar surface area (TPSA) is 48.0 Å². The van der Waals surface area contributed by atoms with Crippen LogP contribution in [0.25, 0.3) is 6.08 Å². The Morgan fingerprint density at radius 1 is 1.06 bits per heavy atom. The highest BCUT2D eigenvalue weighted by atomic mass is 35.5. The maximum atomic E-state index is 13.0. The maximum Gasteiger partial charge on any atom is 0.231 e. The van der Waals surface area contributed by atoms with Gasteiger partial charge in [0.15, 0.2) is 5.76 Å². The van der Waals surface area contributed by atoms with Crippen LogP contribution in [0.1, 0.15) is 27.0 Å². The number of nitrogens with zero attached hydrogens (tertiary/aromatic N) is 1. The summed E-state index contributed by atoms with van der Waals surface area (Å²) in [5.41, 5.74) is 2.95. The van der Waals surface area contributed by atoms with Gasteiger partial charge >= 0.3 is 0 Å². The van der Waals surface area contributed by atoms with Gasteiger partial charge in [-0.3, -0.25) is 9.69 Å². The Morgan fingerprint density at radius 2 is 1.84 bits per heavy atom. The number of ketones is 1. The lowest BCUT2D eigenvalue weighted by molar-refractivity contribution is 0.0865. The molecule has 162 valence electrons. The first kappa shape index (κ1) is 20.9. The zero-order chi connectivity index (χ0) is 22.2. The second kappa shape index (κ2) is 8.51. The van der Waals surface area contributed by atoms with Crippen LogP contribution in [0.2, 0.25) is 10.0 Å². The van der Waals surface area contributed by atoms with E-state index >= 15 is 0 Å². The predicted octanol–water partition coefficient (Wildman–Crippen LogP) is 5.97. The van der Waals surface area contributed by atoms with Crippen molar-refractivity contribution in [3.8, 4) is 17.2 Å². The number of hydrogen-bond acceptors (Lipinski definition) is 5. The third-order valence-electron chi connectivity index (χ3n) is 5.54. The number of fused-ring (bicyclic) bond motifs is 3. The summed E-state index contributed by atoms with van der Waals surface area (Å²) >= 11 is 12.5. The second-order valence-electron chi connectivity index (χ2n) is 7.57. The molecule has 0 radical (unpaired) electrons. The van der Waals surface area contributed by atoms with Crippen LogP contribution in [0.3, 0.4) is 0 Å². The number of para-hydroxylation sites is 1. The van der Waals surface area contributed by atoms with Crippen LogP contribution >= 0.6 is 23.2 Å². The lowest BCUT2D eigenvalue weighted by Gasteiger charge is -2.30. The van der Waals surface area contributed by atoms with Gasteiger partial charge in [-0.15, -0.1) is 0 Å². The Bertz CT molecular complexity index is 1230. The summed E-state index contributed by atoms with van der Waals surface area (Å²) in [6.07, 6.45) is 1.59. The Kier molecular flexibility index (Phi) is 5.55. The molecule has 3 aromatic carbocycles. The molecule has 0 aliphatic carbocycles. The lowest BCUT2D eigenvalue weighted by atomic mass is 10.0. The Balaban J connectivity index is 1.45. The number of benzene rings is 3. The molecule has 0 N–H and O–H groups in total. The van der Waals surface area contributed by atoms with E-state index in [4.69, 9.17) is 37.4 Å². The summed E-state index contributed by atoms with van der Waals surface area (Å²) < 4.78 is 17.5. The standard InChI is InChI=1S/C25H19Cl2NO4/c1-30-21-8-3-2-5-15(21)12-28-13-18-22(31-14-28)10-9-16-24(29)23(32-25(16)18)11-17-19(26)6-4-7-20(17)27/h2-11H,12-14H2,1H3/b23-11-. The zero-order valence-corrected chi connectivity index (χ0v) is 18.7. The fourth-order valence-corrected chi connectivity index (χ4v) is 4.47. The van der Waals surface area contributed by atoms with Crippen molar-refractivity contribution < 1.29 is 19.0 Å². The lowest BCUT2D eigenvalue weighted by Crippen LogP contribution is -2.31. The molecule has 0 aromatic heterocycles. The first-order valence-electron chi connectivity index (χ1n) is 10.1. The highest BCUT2D eigenvalue weighted by Crippen LogP contribution is 2.43. The molecule has 0 bridgehead atoms. The molecule has 0 spiro atoms. The molecule has 32 heavy (non-hydrogen) atoms. The molecule has 2 heterocycles. The molecule has 2 aliphatic rings. The van der Waals surface area contributed by atoms with Crippen LogP contribution in [0.4, 0.5) is 0 Å². The normalized spacial score (nSPS) is 16.3. The number of ether oxygens (including phenoxy) is 3. The zero-order valence-electron chi connectivity index (χ0n) is 17.2. The smallest absolute Gasteiger partial charge is 0.231 e. The molecule has 0 amide bonds. The molecule has 0 atom stereocenters. The van der Waals surface area contributed by atoms with E-state index in [2.05, 4.69) is 4.90 Å². The van der Waals surface area contributed by atoms with Crippen LogP contribution < -0.4 is 14.2 Å². The van der Waals surface area contributed by atoms with Crippen molar-refractivity contribution in [3.05, 3.63) is 92.7 Å². The van der Waals surface area contributed by atoms with Gasteiger partial charge in [0.05, 0.1) is 18.2 Å². The molecule has 2 aliphatic heterocycles. The number of Topliss-reactive ketones (excluding diaryl/α,β-unsaturated/α-hetero) is 1. The second-order valence-corrected chi connectivity index (χ2v) is 8.38. The molecule has 0 saturated heterocycles. The van der Waals surface area contributed by atoms with E-state index in [0.29, 0.717) is 52.5 Å². The molecule has 7 heteroatoms. The number of hydrogen-bond donors (Lipinski definition) is 0. The minimum atomic E-state index is -0.208. The number of allylic oxidation sites excluding steroid dienone is 1. The molecule has 0 unspecified atom stereocenters. The van der Waals surface area contributed by atoms with E-state index in [-0.39, 0.29) is 11.5 Å². The van der Waals surface area contributed by atoms with E-state index < -0.39 is 0 Å². The summed E-state index contributed by atoms with van der Waals surface area (Å²) in [7, 11) is 1.66. The van der Waals surface area contributed by atoms with Gasteiger partial charge in [0.1, 0.15) is 24.0 Å². The number of carbonyl (C=O) groups is 1. The van der Waals surface area contributed by atoms with Crippen molar-refractivity contribution in [3.63, 3.8) is 0 Å². The fourth-order valence-electron chi connectivity index (χ4n) is 3.96. The van der Waals surface area contributed by atoms with E-state index in [9.17, 15) is 4.79 Å². The highest BCUT2D eigenvalue weighted by Gasteiger charge is 2.34. The van der Waals surface area contributed by atoms with Gasteiger partial charge in [-0.05, 0) is 36.4 Å². The molecule has 3 aromatic rings. The summed E-state index contributed by atoms with van der Waals surface area (Å²) in [4.78, 5) is 15.1. The highest BCUT2D eigenvalue weighted by molar-refractivity contribution is 6.37. The van der Waals surface area contributed by atoms with Crippen LogP contribution in [-0.2, 0) is 13.1 Å². The van der Waals surface area contributed by atoms with Crippen molar-refractivity contribution in [2.75, 3.05) is 13.8 Å². The molecular formula is C25H19Cl2NO4. The molecule has 5 nitrogen and oxygen atoms in total. The fraction of sp³-hybridized carbons (Fsp3) is 0.160. The number of halogens is 2.